The lowest BCUT2D eigenvalue weighted by Gasteiger charge is -2.26. The molecular formula is C13H19F2NO. The van der Waals surface area contributed by atoms with Gasteiger partial charge in [-0.05, 0) is 49.6 Å². The van der Waals surface area contributed by atoms with E-state index in [1.807, 2.05) is 0 Å². The van der Waals surface area contributed by atoms with Crippen molar-refractivity contribution >= 4 is 0 Å². The summed E-state index contributed by atoms with van der Waals surface area (Å²) in [6.07, 6.45) is 0.775. The molecule has 0 heterocycles. The molecule has 2 N–H and O–H groups in total. The van der Waals surface area contributed by atoms with Crippen molar-refractivity contribution in [1.29, 1.82) is 0 Å². The average molecular weight is 243 g/mol. The molecule has 2 nitrogen and oxygen atoms in total. The SMILES string of the molecule is COCC(F)(CCCN)c1cc(F)ccc1C. The summed E-state index contributed by atoms with van der Waals surface area (Å²) in [5.74, 6) is -0.434. The van der Waals surface area contributed by atoms with Gasteiger partial charge in [-0.3, -0.25) is 0 Å². The molecule has 1 aromatic rings. The number of halogens is 2. The Labute approximate surface area is 101 Å². The number of benzene rings is 1. The van der Waals surface area contributed by atoms with Crippen LogP contribution in [0.2, 0.25) is 0 Å². The van der Waals surface area contributed by atoms with Gasteiger partial charge in [-0.25, -0.2) is 8.78 Å². The molecule has 0 aliphatic heterocycles. The van der Waals surface area contributed by atoms with E-state index >= 15 is 0 Å². The fraction of sp³-hybridized carbons (Fsp3) is 0.538. The summed E-state index contributed by atoms with van der Waals surface area (Å²) in [6.45, 7) is 2.09. The third kappa shape index (κ3) is 3.48. The van der Waals surface area contributed by atoms with Gasteiger partial charge in [0.15, 0.2) is 5.67 Å². The van der Waals surface area contributed by atoms with Crippen LogP contribution in [-0.2, 0) is 10.4 Å². The Morgan fingerprint density at radius 1 is 1.41 bits per heavy atom. The lowest BCUT2D eigenvalue weighted by atomic mass is 9.88. The number of aryl methyl sites for hydroxylation is 1. The van der Waals surface area contributed by atoms with Crippen molar-refractivity contribution in [2.75, 3.05) is 20.3 Å². The minimum absolute atomic E-state index is 0.0860. The van der Waals surface area contributed by atoms with Crippen LogP contribution in [0.1, 0.15) is 24.0 Å². The normalized spacial score (nSPS) is 14.6. The summed E-state index contributed by atoms with van der Waals surface area (Å²) >= 11 is 0. The maximum Gasteiger partial charge on any atom is 0.159 e. The Balaban J connectivity index is 3.07. The Bertz CT molecular complexity index is 370. The fourth-order valence-electron chi connectivity index (χ4n) is 1.97. The molecule has 1 rings (SSSR count). The summed E-state index contributed by atoms with van der Waals surface area (Å²) in [5, 5.41) is 0. The molecular weight excluding hydrogens is 224 g/mol. The second-order valence-electron chi connectivity index (χ2n) is 4.25. The van der Waals surface area contributed by atoms with E-state index in [1.165, 1.54) is 19.2 Å². The highest BCUT2D eigenvalue weighted by Gasteiger charge is 2.33. The Hall–Kier alpha value is -1.00. The molecule has 0 fully saturated rings. The molecule has 0 spiro atoms. The number of hydrogen-bond acceptors (Lipinski definition) is 2. The van der Waals surface area contributed by atoms with Crippen LogP contribution in [0.25, 0.3) is 0 Å². The second kappa shape index (κ2) is 6.07. The van der Waals surface area contributed by atoms with E-state index in [2.05, 4.69) is 0 Å². The zero-order chi connectivity index (χ0) is 12.9. The lowest BCUT2D eigenvalue weighted by Crippen LogP contribution is -2.28. The maximum atomic E-state index is 14.8. The third-order valence-corrected chi connectivity index (χ3v) is 2.83. The predicted molar refractivity (Wildman–Crippen MR) is 64.1 cm³/mol. The number of methoxy groups -OCH3 is 1. The number of nitrogens with two attached hydrogens (primary N) is 1. The van der Waals surface area contributed by atoms with Gasteiger partial charge in [0.25, 0.3) is 0 Å². The van der Waals surface area contributed by atoms with E-state index < -0.39 is 11.5 Å². The molecule has 0 aromatic heterocycles. The van der Waals surface area contributed by atoms with E-state index in [9.17, 15) is 8.78 Å². The average Bonchev–Trinajstić information content (AvgIpc) is 2.30. The van der Waals surface area contributed by atoms with Crippen molar-refractivity contribution < 1.29 is 13.5 Å². The molecule has 0 radical (unpaired) electrons. The van der Waals surface area contributed by atoms with Crippen molar-refractivity contribution in [3.8, 4) is 0 Å². The summed E-state index contributed by atoms with van der Waals surface area (Å²) in [7, 11) is 1.44. The van der Waals surface area contributed by atoms with Crippen LogP contribution in [0.3, 0.4) is 0 Å². The molecule has 4 heteroatoms. The molecule has 1 aromatic carbocycles. The van der Waals surface area contributed by atoms with Gasteiger partial charge in [-0.2, -0.15) is 0 Å². The second-order valence-corrected chi connectivity index (χ2v) is 4.25. The monoisotopic (exact) mass is 243 g/mol. The first-order valence-corrected chi connectivity index (χ1v) is 5.68. The quantitative estimate of drug-likeness (QED) is 0.833. The van der Waals surface area contributed by atoms with Gasteiger partial charge in [-0.1, -0.05) is 6.07 Å². The highest BCUT2D eigenvalue weighted by Crippen LogP contribution is 2.34. The summed E-state index contributed by atoms with van der Waals surface area (Å²) in [5.41, 5.74) is 4.81. The Morgan fingerprint density at radius 2 is 2.12 bits per heavy atom. The zero-order valence-corrected chi connectivity index (χ0v) is 10.3. The van der Waals surface area contributed by atoms with Crippen LogP contribution in [-0.4, -0.2) is 20.3 Å². The Morgan fingerprint density at radius 3 is 2.71 bits per heavy atom. The molecule has 96 valence electrons. The van der Waals surface area contributed by atoms with Crippen LogP contribution < -0.4 is 5.73 Å². The maximum absolute atomic E-state index is 14.8. The van der Waals surface area contributed by atoms with Crippen molar-refractivity contribution in [1.82, 2.24) is 0 Å². The van der Waals surface area contributed by atoms with Crippen LogP contribution >= 0.6 is 0 Å². The first-order chi connectivity index (χ1) is 8.03. The van der Waals surface area contributed by atoms with Crippen LogP contribution in [0, 0.1) is 12.7 Å². The van der Waals surface area contributed by atoms with Gasteiger partial charge < -0.3 is 10.5 Å². The molecule has 17 heavy (non-hydrogen) atoms. The summed E-state index contributed by atoms with van der Waals surface area (Å²) < 4.78 is 32.9. The minimum Gasteiger partial charge on any atom is -0.381 e. The van der Waals surface area contributed by atoms with Gasteiger partial charge in [0, 0.05) is 7.11 Å². The predicted octanol–water partition coefficient (Wildman–Crippen LogP) is 2.68. The highest BCUT2D eigenvalue weighted by molar-refractivity contribution is 5.32. The number of alkyl halides is 1. The van der Waals surface area contributed by atoms with E-state index in [1.54, 1.807) is 13.0 Å². The van der Waals surface area contributed by atoms with Crippen molar-refractivity contribution in [2.45, 2.75) is 25.4 Å². The fourth-order valence-corrected chi connectivity index (χ4v) is 1.97. The third-order valence-electron chi connectivity index (χ3n) is 2.83. The van der Waals surface area contributed by atoms with Gasteiger partial charge in [0.1, 0.15) is 5.82 Å². The van der Waals surface area contributed by atoms with Crippen LogP contribution in [0.5, 0.6) is 0 Å². The van der Waals surface area contributed by atoms with Crippen molar-refractivity contribution in [2.24, 2.45) is 5.73 Å². The zero-order valence-electron chi connectivity index (χ0n) is 10.3. The lowest BCUT2D eigenvalue weighted by molar-refractivity contribution is 0.0297. The first kappa shape index (κ1) is 14.1. The minimum atomic E-state index is -1.67. The van der Waals surface area contributed by atoms with E-state index in [0.717, 1.165) is 5.56 Å². The van der Waals surface area contributed by atoms with Crippen molar-refractivity contribution in [3.63, 3.8) is 0 Å². The smallest absolute Gasteiger partial charge is 0.159 e. The molecule has 0 saturated heterocycles. The van der Waals surface area contributed by atoms with Gasteiger partial charge >= 0.3 is 0 Å². The topological polar surface area (TPSA) is 35.2 Å². The highest BCUT2D eigenvalue weighted by atomic mass is 19.1. The molecule has 0 bridgehead atoms. The van der Waals surface area contributed by atoms with Crippen molar-refractivity contribution in [3.05, 3.63) is 35.1 Å². The summed E-state index contributed by atoms with van der Waals surface area (Å²) in [4.78, 5) is 0. The molecule has 1 atom stereocenters. The first-order valence-electron chi connectivity index (χ1n) is 5.68. The number of hydrogen-bond donors (Lipinski definition) is 1. The molecule has 1 unspecified atom stereocenters. The Kier molecular flexibility index (Phi) is 5.02. The largest absolute Gasteiger partial charge is 0.381 e. The standard InChI is InChI=1S/C13H19F2NO/c1-10-4-5-11(14)8-12(10)13(15,9-17-2)6-3-7-16/h4-5,8H,3,6-7,9,16H2,1-2H3. The number of rotatable bonds is 6. The van der Waals surface area contributed by atoms with Crippen LogP contribution in [0.15, 0.2) is 18.2 Å². The van der Waals surface area contributed by atoms with Crippen LogP contribution in [0.4, 0.5) is 8.78 Å². The van der Waals surface area contributed by atoms with E-state index in [-0.39, 0.29) is 13.0 Å². The van der Waals surface area contributed by atoms with Gasteiger partial charge in [-0.15, -0.1) is 0 Å². The van der Waals surface area contributed by atoms with E-state index in [0.29, 0.717) is 18.5 Å². The van der Waals surface area contributed by atoms with Gasteiger partial charge in [0.2, 0.25) is 0 Å². The molecule has 0 amide bonds. The van der Waals surface area contributed by atoms with E-state index in [4.69, 9.17) is 10.5 Å². The molecule has 0 aliphatic rings. The molecule has 0 aliphatic carbocycles. The summed E-state index contributed by atoms with van der Waals surface area (Å²) in [6, 6.07) is 4.15. The molecule has 0 saturated carbocycles. The number of ether oxygens (including phenoxy) is 1. The van der Waals surface area contributed by atoms with Gasteiger partial charge in [0.05, 0.1) is 6.61 Å².